The van der Waals surface area contributed by atoms with Crippen LogP contribution in [0.5, 0.6) is 0 Å². The highest BCUT2D eigenvalue weighted by Crippen LogP contribution is 2.17. The summed E-state index contributed by atoms with van der Waals surface area (Å²) in [5.74, 6) is -0.0104. The maximum absolute atomic E-state index is 12.9. The number of hydrogen-bond acceptors (Lipinski definition) is 5. The number of anilines is 1. The van der Waals surface area contributed by atoms with E-state index in [2.05, 4.69) is 38.9 Å². The summed E-state index contributed by atoms with van der Waals surface area (Å²) in [6.45, 7) is 0.523. The van der Waals surface area contributed by atoms with Crippen molar-refractivity contribution in [2.24, 2.45) is 7.05 Å². The maximum Gasteiger partial charge on any atom is 0.294 e. The first kappa shape index (κ1) is 18.6. The fourth-order valence-electron chi connectivity index (χ4n) is 2.95. The Bertz CT molecular complexity index is 948. The minimum atomic E-state index is -0.326. The molecule has 3 rings (SSSR count). The van der Waals surface area contributed by atoms with E-state index in [1.807, 2.05) is 0 Å². The number of hydrogen-bond donors (Lipinski definition) is 2. The number of nitrogens with zero attached hydrogens (tertiary/aromatic N) is 4. The molecule has 8 nitrogen and oxygen atoms in total. The third-order valence-electron chi connectivity index (χ3n) is 4.41. The van der Waals surface area contributed by atoms with Crippen molar-refractivity contribution in [2.45, 2.75) is 25.8 Å². The van der Waals surface area contributed by atoms with Crippen molar-refractivity contribution in [3.05, 3.63) is 52.7 Å². The lowest BCUT2D eigenvalue weighted by Gasteiger charge is -2.13. The molecule has 27 heavy (non-hydrogen) atoms. The third kappa shape index (κ3) is 4.52. The Kier molecular flexibility index (Phi) is 5.85. The van der Waals surface area contributed by atoms with Gasteiger partial charge in [-0.05, 0) is 19.3 Å². The van der Waals surface area contributed by atoms with Gasteiger partial charge in [-0.1, -0.05) is 23.8 Å². The molecule has 2 N–H and O–H groups in total. The zero-order chi connectivity index (χ0) is 19.2. The first-order chi connectivity index (χ1) is 13.1. The van der Waals surface area contributed by atoms with E-state index < -0.39 is 0 Å². The first-order valence-corrected chi connectivity index (χ1v) is 8.97. The molecule has 0 fully saturated rings. The van der Waals surface area contributed by atoms with E-state index in [0.717, 1.165) is 24.8 Å². The molecule has 0 atom stereocenters. The Morgan fingerprint density at radius 3 is 2.85 bits per heavy atom. The molecule has 8 heteroatoms. The van der Waals surface area contributed by atoms with E-state index in [0.29, 0.717) is 12.2 Å². The van der Waals surface area contributed by atoms with Gasteiger partial charge in [-0.15, -0.1) is 0 Å². The summed E-state index contributed by atoms with van der Waals surface area (Å²) in [7, 11) is 3.34. The summed E-state index contributed by atoms with van der Waals surface area (Å²) in [5, 5.41) is 9.79. The Hall–Kier alpha value is -3.16. The molecule has 1 aliphatic rings. The zero-order valence-electron chi connectivity index (χ0n) is 15.6. The lowest BCUT2D eigenvalue weighted by molar-refractivity contribution is -0.121. The van der Waals surface area contributed by atoms with Crippen LogP contribution < -0.4 is 16.2 Å². The van der Waals surface area contributed by atoms with Crippen LogP contribution in [0.15, 0.2) is 47.2 Å². The molecule has 0 unspecified atom stereocenters. The monoisotopic (exact) mass is 372 g/mol. The van der Waals surface area contributed by atoms with Gasteiger partial charge in [-0.25, -0.2) is 4.98 Å². The summed E-state index contributed by atoms with van der Waals surface area (Å²) in [6, 6.07) is 0. The molecule has 0 radical (unpaired) electrons. The average Bonchev–Trinajstić information content (AvgIpc) is 3.11. The number of aromatic nitrogens is 4. The van der Waals surface area contributed by atoms with Gasteiger partial charge in [0.1, 0.15) is 6.54 Å². The van der Waals surface area contributed by atoms with Crippen molar-refractivity contribution in [1.82, 2.24) is 24.6 Å². The molecule has 1 aliphatic carbocycles. The third-order valence-corrected chi connectivity index (χ3v) is 4.41. The summed E-state index contributed by atoms with van der Waals surface area (Å²) >= 11 is 0. The van der Waals surface area contributed by atoms with E-state index in [1.165, 1.54) is 10.1 Å². The Balaban J connectivity index is 0.00000210. The van der Waals surface area contributed by atoms with Gasteiger partial charge in [-0.2, -0.15) is 5.10 Å². The summed E-state index contributed by atoms with van der Waals surface area (Å²) in [6.07, 6.45) is 14.5. The van der Waals surface area contributed by atoms with Crippen LogP contribution in [0.2, 0.25) is 0 Å². The van der Waals surface area contributed by atoms with Crippen molar-refractivity contribution < 1.29 is 7.65 Å². The van der Waals surface area contributed by atoms with Crippen LogP contribution in [0.4, 0.5) is 5.82 Å². The molecule has 0 aromatic carbocycles. The van der Waals surface area contributed by atoms with Gasteiger partial charge in [0.15, 0.2) is 5.82 Å². The van der Waals surface area contributed by atoms with Gasteiger partial charge in [0.2, 0.25) is 5.91 Å². The molecule has 146 valence electrons. The van der Waals surface area contributed by atoms with E-state index in [1.54, 1.807) is 37.4 Å². The number of allylic oxidation sites excluding steroid dienone is 3. The maximum atomic E-state index is 12.9. The van der Waals surface area contributed by atoms with Gasteiger partial charge in [0, 0.05) is 35.3 Å². The van der Waals surface area contributed by atoms with Crippen molar-refractivity contribution in [1.29, 1.82) is 0 Å². The Morgan fingerprint density at radius 1 is 1.33 bits per heavy atom. The number of aryl methyl sites for hydroxylation is 1. The van der Waals surface area contributed by atoms with Crippen LogP contribution >= 0.6 is 0 Å². The average molecular weight is 372 g/mol. The number of amides is 1. The van der Waals surface area contributed by atoms with Gasteiger partial charge in [0.05, 0.1) is 18.1 Å². The van der Waals surface area contributed by atoms with E-state index in [-0.39, 0.29) is 26.7 Å². The van der Waals surface area contributed by atoms with Crippen molar-refractivity contribution >= 4 is 11.7 Å². The molecule has 0 saturated carbocycles. The van der Waals surface area contributed by atoms with Gasteiger partial charge in [0.25, 0.3) is 5.56 Å². The predicted octanol–water partition coefficient (Wildman–Crippen LogP) is 1.96. The lowest BCUT2D eigenvalue weighted by atomic mass is 10.0. The first-order valence-electron chi connectivity index (χ1n) is 8.97. The van der Waals surface area contributed by atoms with Crippen LogP contribution in [0.1, 0.15) is 22.1 Å². The fraction of sp³-hybridized carbons (Fsp3) is 0.368. The number of nitrogens with one attached hydrogen (secondary N) is 2. The number of carbonyl (C=O) groups excluding carboxylic acids is 1. The second kappa shape index (κ2) is 8.48. The quantitative estimate of drug-likeness (QED) is 0.775. The minimum Gasteiger partial charge on any atom is -0.365 e. The summed E-state index contributed by atoms with van der Waals surface area (Å²) < 4.78 is 3.06. The standard InChI is InChI=1S/C19H24N6O2.2H2/c1-20-17(26)13-25-16(15-10-23-24(2)12-15)11-22-18(19(25)27)21-9-8-14-6-4-3-5-7-14;;/h4,6-7,10-12H,3,5,8-9,13H2,1-2H3,(H,20,26)(H,21,22);2*1H. The number of carbonyl (C=O) groups is 1. The van der Waals surface area contributed by atoms with Crippen LogP contribution in [0.25, 0.3) is 11.3 Å². The molecule has 0 spiro atoms. The molecule has 0 saturated heterocycles. The smallest absolute Gasteiger partial charge is 0.294 e. The van der Waals surface area contributed by atoms with Crippen LogP contribution in [0, 0.1) is 0 Å². The number of likely N-dealkylation sites (N-methyl/N-ethyl adjacent to an activating group) is 1. The van der Waals surface area contributed by atoms with Crippen molar-refractivity contribution in [2.75, 3.05) is 18.9 Å². The summed E-state index contributed by atoms with van der Waals surface area (Å²) in [5.41, 5.74) is 2.22. The van der Waals surface area contributed by atoms with E-state index in [4.69, 9.17) is 0 Å². The van der Waals surface area contributed by atoms with Crippen LogP contribution in [-0.2, 0) is 18.4 Å². The number of rotatable bonds is 7. The molecule has 2 aromatic rings. The zero-order valence-corrected chi connectivity index (χ0v) is 15.6. The Labute approximate surface area is 160 Å². The van der Waals surface area contributed by atoms with E-state index in [9.17, 15) is 9.59 Å². The van der Waals surface area contributed by atoms with Gasteiger partial charge >= 0.3 is 0 Å². The molecule has 2 aromatic heterocycles. The molecular formula is C19H28N6O2. The van der Waals surface area contributed by atoms with E-state index >= 15 is 0 Å². The topological polar surface area (TPSA) is 93.8 Å². The lowest BCUT2D eigenvalue weighted by Crippen LogP contribution is -2.33. The van der Waals surface area contributed by atoms with Crippen LogP contribution in [-0.4, -0.2) is 38.8 Å². The van der Waals surface area contributed by atoms with Gasteiger partial charge < -0.3 is 10.6 Å². The highest BCUT2D eigenvalue weighted by atomic mass is 16.2. The fourth-order valence-corrected chi connectivity index (χ4v) is 2.95. The minimum absolute atomic E-state index is 0. The predicted molar refractivity (Wildman–Crippen MR) is 109 cm³/mol. The normalized spacial score (nSPS) is 13.3. The second-order valence-corrected chi connectivity index (χ2v) is 6.39. The SMILES string of the molecule is CNC(=O)Cn1c(-c2cnn(C)c2)cnc(NCCC2=CCCC=C2)c1=O.[HH].[HH]. The van der Waals surface area contributed by atoms with Crippen molar-refractivity contribution in [3.8, 4) is 11.3 Å². The molecular weight excluding hydrogens is 344 g/mol. The Morgan fingerprint density at radius 2 is 2.19 bits per heavy atom. The second-order valence-electron chi connectivity index (χ2n) is 6.39. The van der Waals surface area contributed by atoms with Gasteiger partial charge in [-0.3, -0.25) is 18.8 Å². The largest absolute Gasteiger partial charge is 0.365 e. The highest BCUT2D eigenvalue weighted by molar-refractivity contribution is 5.76. The van der Waals surface area contributed by atoms with Crippen LogP contribution in [0.3, 0.4) is 0 Å². The highest BCUT2D eigenvalue weighted by Gasteiger charge is 2.15. The van der Waals surface area contributed by atoms with Crippen molar-refractivity contribution in [3.63, 3.8) is 0 Å². The summed E-state index contributed by atoms with van der Waals surface area (Å²) in [4.78, 5) is 29.1. The molecule has 0 aliphatic heterocycles. The molecule has 2 heterocycles. The molecule has 1 amide bonds. The molecule has 0 bridgehead atoms.